The Labute approximate surface area is 177 Å². The van der Waals surface area contributed by atoms with Gasteiger partial charge in [0.2, 0.25) is 5.91 Å². The third-order valence-electron chi connectivity index (χ3n) is 5.71. The van der Waals surface area contributed by atoms with Crippen LogP contribution in [0.2, 0.25) is 0 Å². The molecule has 166 valence electrons. The van der Waals surface area contributed by atoms with E-state index in [9.17, 15) is 18.4 Å². The maximum atomic E-state index is 13.3. The fraction of sp³-hybridized carbons (Fsp3) is 0.476. The Morgan fingerprint density at radius 2 is 2.10 bits per heavy atom. The highest BCUT2D eigenvalue weighted by Crippen LogP contribution is 2.36. The van der Waals surface area contributed by atoms with Crippen LogP contribution in [0.25, 0.3) is 11.4 Å². The number of hydrogen-bond acceptors (Lipinski definition) is 5. The third-order valence-corrected chi connectivity index (χ3v) is 5.71. The van der Waals surface area contributed by atoms with Gasteiger partial charge in [-0.1, -0.05) is 19.9 Å². The SMILES string of the molecule is CC(C)[C@H](Cc1ccc2c(c1)OCCn1cc(N3C(=O)OC[C@H]3C(F)F)nc1-2)C(N)=O. The second-order valence-corrected chi connectivity index (χ2v) is 8.10. The molecule has 0 radical (unpaired) electrons. The molecule has 1 saturated heterocycles. The first kappa shape index (κ1) is 21.1. The van der Waals surface area contributed by atoms with Crippen molar-refractivity contribution in [3.8, 4) is 17.1 Å². The van der Waals surface area contributed by atoms with E-state index in [1.165, 1.54) is 0 Å². The number of amides is 2. The molecule has 31 heavy (non-hydrogen) atoms. The molecule has 2 N–H and O–H groups in total. The lowest BCUT2D eigenvalue weighted by molar-refractivity contribution is -0.123. The monoisotopic (exact) mass is 434 g/mol. The first-order valence-electron chi connectivity index (χ1n) is 10.1. The standard InChI is InChI=1S/C21H24F2N4O4/c1-11(2)14(19(24)28)7-12-3-4-13-16(8-12)30-6-5-26-9-17(25-20(13)26)27-15(18(22)23)10-31-21(27)29/h3-4,8-9,11,14-15,18H,5-7,10H2,1-2H3,(H2,24,28)/t14-,15-/m0/s1. The third kappa shape index (κ3) is 3.94. The number of fused-ring (bicyclic) bond motifs is 3. The van der Waals surface area contributed by atoms with Crippen LogP contribution >= 0.6 is 0 Å². The van der Waals surface area contributed by atoms with Gasteiger partial charge in [-0.3, -0.25) is 4.79 Å². The molecular formula is C21H24F2N4O4. The minimum absolute atomic E-state index is 0.0988. The molecule has 0 bridgehead atoms. The Morgan fingerprint density at radius 3 is 2.77 bits per heavy atom. The van der Waals surface area contributed by atoms with Gasteiger partial charge >= 0.3 is 6.09 Å². The van der Waals surface area contributed by atoms with Gasteiger partial charge in [0.25, 0.3) is 6.43 Å². The predicted octanol–water partition coefficient (Wildman–Crippen LogP) is 2.83. The van der Waals surface area contributed by atoms with Gasteiger partial charge in [-0.05, 0) is 30.0 Å². The number of anilines is 1. The van der Waals surface area contributed by atoms with Gasteiger partial charge in [0.15, 0.2) is 5.82 Å². The number of imidazole rings is 1. The van der Waals surface area contributed by atoms with Crippen LogP contribution in [-0.2, 0) is 22.5 Å². The van der Waals surface area contributed by atoms with Gasteiger partial charge in [-0.2, -0.15) is 0 Å². The zero-order valence-electron chi connectivity index (χ0n) is 17.3. The quantitative estimate of drug-likeness (QED) is 0.754. The number of ether oxygens (including phenoxy) is 2. The molecule has 2 aliphatic heterocycles. The molecule has 2 aromatic rings. The number of hydrogen-bond donors (Lipinski definition) is 1. The number of halogens is 2. The molecular weight excluding hydrogens is 410 g/mol. The number of benzene rings is 1. The van der Waals surface area contributed by atoms with Crippen molar-refractivity contribution in [2.45, 2.75) is 39.3 Å². The number of nitrogens with zero attached hydrogens (tertiary/aromatic N) is 3. The van der Waals surface area contributed by atoms with E-state index < -0.39 is 18.6 Å². The molecule has 1 aromatic carbocycles. The Kier molecular flexibility index (Phi) is 5.55. The van der Waals surface area contributed by atoms with Gasteiger partial charge < -0.3 is 19.8 Å². The maximum absolute atomic E-state index is 13.3. The maximum Gasteiger partial charge on any atom is 0.416 e. The van der Waals surface area contributed by atoms with Crippen molar-refractivity contribution < 1.29 is 27.8 Å². The molecule has 0 aliphatic carbocycles. The number of carbonyl (C=O) groups excluding carboxylic acids is 2. The molecule has 10 heteroatoms. The molecule has 8 nitrogen and oxygen atoms in total. The summed E-state index contributed by atoms with van der Waals surface area (Å²) < 4.78 is 39.1. The highest BCUT2D eigenvalue weighted by Gasteiger charge is 2.42. The summed E-state index contributed by atoms with van der Waals surface area (Å²) in [5.74, 6) is 0.656. The predicted molar refractivity (Wildman–Crippen MR) is 108 cm³/mol. The first-order chi connectivity index (χ1) is 14.8. The summed E-state index contributed by atoms with van der Waals surface area (Å²) in [6, 6.07) is 4.18. The number of rotatable bonds is 6. The van der Waals surface area contributed by atoms with Crippen molar-refractivity contribution >= 4 is 17.8 Å². The van der Waals surface area contributed by atoms with Gasteiger partial charge in [-0.25, -0.2) is 23.5 Å². The minimum atomic E-state index is -2.75. The van der Waals surface area contributed by atoms with E-state index in [0.717, 1.165) is 10.5 Å². The Hall–Kier alpha value is -3.17. The topological polar surface area (TPSA) is 99.7 Å². The van der Waals surface area contributed by atoms with Crippen molar-refractivity contribution in [3.63, 3.8) is 0 Å². The van der Waals surface area contributed by atoms with E-state index in [4.69, 9.17) is 15.2 Å². The van der Waals surface area contributed by atoms with E-state index in [-0.39, 0.29) is 30.2 Å². The summed E-state index contributed by atoms with van der Waals surface area (Å²) in [7, 11) is 0. The van der Waals surface area contributed by atoms with Crippen LogP contribution in [0.5, 0.6) is 5.75 Å². The van der Waals surface area contributed by atoms with Crippen molar-refractivity contribution in [2.75, 3.05) is 18.1 Å². The molecule has 2 aliphatic rings. The minimum Gasteiger partial charge on any atom is -0.491 e. The van der Waals surface area contributed by atoms with Crippen LogP contribution < -0.4 is 15.4 Å². The number of primary amides is 1. The summed E-state index contributed by atoms with van der Waals surface area (Å²) in [4.78, 5) is 29.2. The van der Waals surface area contributed by atoms with Gasteiger partial charge in [0.1, 0.15) is 30.8 Å². The molecule has 1 aromatic heterocycles. The number of cyclic esters (lactones) is 1. The first-order valence-corrected chi connectivity index (χ1v) is 10.1. The lowest BCUT2D eigenvalue weighted by Gasteiger charge is -2.18. The highest BCUT2D eigenvalue weighted by molar-refractivity contribution is 5.89. The van der Waals surface area contributed by atoms with Gasteiger partial charge in [0, 0.05) is 12.1 Å². The highest BCUT2D eigenvalue weighted by atomic mass is 19.3. The fourth-order valence-corrected chi connectivity index (χ4v) is 3.96. The van der Waals surface area contributed by atoms with Crippen LogP contribution in [-0.4, -0.2) is 47.2 Å². The Bertz CT molecular complexity index is 1010. The normalized spacial score (nSPS) is 19.0. The molecule has 0 spiro atoms. The Balaban J connectivity index is 1.67. The van der Waals surface area contributed by atoms with Crippen LogP contribution in [0.1, 0.15) is 19.4 Å². The van der Waals surface area contributed by atoms with Gasteiger partial charge in [-0.15, -0.1) is 0 Å². The summed E-state index contributed by atoms with van der Waals surface area (Å²) in [6.07, 6.45) is -1.54. The summed E-state index contributed by atoms with van der Waals surface area (Å²) in [5.41, 5.74) is 7.11. The van der Waals surface area contributed by atoms with Crippen LogP contribution in [0.3, 0.4) is 0 Å². The smallest absolute Gasteiger partial charge is 0.416 e. The largest absolute Gasteiger partial charge is 0.491 e. The van der Waals surface area contributed by atoms with Crippen molar-refractivity contribution in [2.24, 2.45) is 17.6 Å². The molecule has 2 amide bonds. The zero-order valence-corrected chi connectivity index (χ0v) is 17.3. The van der Waals surface area contributed by atoms with Crippen molar-refractivity contribution in [3.05, 3.63) is 30.0 Å². The average Bonchev–Trinajstić information content (AvgIpc) is 3.25. The van der Waals surface area contributed by atoms with E-state index in [2.05, 4.69) is 4.98 Å². The van der Waals surface area contributed by atoms with E-state index in [1.807, 2.05) is 32.0 Å². The summed E-state index contributed by atoms with van der Waals surface area (Å²) in [5, 5.41) is 0. The average molecular weight is 434 g/mol. The van der Waals surface area contributed by atoms with Crippen LogP contribution in [0.4, 0.5) is 19.4 Å². The molecule has 2 atom stereocenters. The fourth-order valence-electron chi connectivity index (χ4n) is 3.96. The van der Waals surface area contributed by atoms with Crippen LogP contribution in [0, 0.1) is 11.8 Å². The number of alkyl halides is 2. The van der Waals surface area contributed by atoms with Crippen molar-refractivity contribution in [1.29, 1.82) is 0 Å². The summed E-state index contributed by atoms with van der Waals surface area (Å²) >= 11 is 0. The lowest BCUT2D eigenvalue weighted by Crippen LogP contribution is -2.38. The zero-order chi connectivity index (χ0) is 22.3. The van der Waals surface area contributed by atoms with Gasteiger partial charge in [0.05, 0.1) is 12.1 Å². The molecule has 3 heterocycles. The molecule has 0 unspecified atom stereocenters. The van der Waals surface area contributed by atoms with E-state index in [1.54, 1.807) is 10.8 Å². The van der Waals surface area contributed by atoms with E-state index in [0.29, 0.717) is 36.7 Å². The number of carbonyl (C=O) groups is 2. The Morgan fingerprint density at radius 1 is 1.32 bits per heavy atom. The van der Waals surface area contributed by atoms with Crippen molar-refractivity contribution in [1.82, 2.24) is 9.55 Å². The number of nitrogens with two attached hydrogens (primary N) is 1. The van der Waals surface area contributed by atoms with Crippen LogP contribution in [0.15, 0.2) is 24.4 Å². The second-order valence-electron chi connectivity index (χ2n) is 8.10. The number of aromatic nitrogens is 2. The lowest BCUT2D eigenvalue weighted by atomic mass is 9.88. The molecule has 0 saturated carbocycles. The molecule has 1 fully saturated rings. The molecule has 4 rings (SSSR count). The summed E-state index contributed by atoms with van der Waals surface area (Å²) in [6.45, 7) is 4.29. The van der Waals surface area contributed by atoms with E-state index >= 15 is 0 Å². The second kappa shape index (κ2) is 8.16.